The number of carbonyl (C=O) groups is 4. The molecule has 43 heavy (non-hydrogen) atoms. The first-order valence-corrected chi connectivity index (χ1v) is 11.9. The number of aromatic nitrogens is 4. The Balaban J connectivity index is 0.000000680. The minimum absolute atomic E-state index is 0. The Morgan fingerprint density at radius 2 is 0.907 bits per heavy atom. The summed E-state index contributed by atoms with van der Waals surface area (Å²) in [6.45, 7) is 1.46. The molecule has 218 valence electrons. The molecule has 13 nitrogen and oxygen atoms in total. The van der Waals surface area contributed by atoms with Crippen LogP contribution in [-0.2, 0) is 19.5 Å². The van der Waals surface area contributed by atoms with Gasteiger partial charge in [-0.2, -0.15) is 10.3 Å². The van der Waals surface area contributed by atoms with Gasteiger partial charge in [0.1, 0.15) is 0 Å². The fourth-order valence-electron chi connectivity index (χ4n) is 2.89. The van der Waals surface area contributed by atoms with Gasteiger partial charge in [0, 0.05) is 35.9 Å². The predicted molar refractivity (Wildman–Crippen MR) is 155 cm³/mol. The number of aromatic carboxylic acids is 3. The quantitative estimate of drug-likeness (QED) is 0.127. The number of thiocarbonyl (C=S) groups is 2. The maximum atomic E-state index is 11.3. The molecule has 4 aromatic rings. The van der Waals surface area contributed by atoms with Gasteiger partial charge in [-0.25, -0.2) is 9.59 Å². The maximum absolute atomic E-state index is 11.3. The van der Waals surface area contributed by atoms with Crippen LogP contribution in [-0.4, -0.2) is 64.2 Å². The molecule has 4 aromatic heterocycles. The van der Waals surface area contributed by atoms with Crippen molar-refractivity contribution < 1.29 is 54.0 Å². The van der Waals surface area contributed by atoms with Gasteiger partial charge in [0.15, 0.2) is 5.78 Å². The number of carboxylic acid groups (broad SMARTS) is 3. The number of isothiocyanates is 2. The Morgan fingerprint density at radius 1 is 0.651 bits per heavy atom. The molecule has 0 fully saturated rings. The third-order valence-corrected chi connectivity index (χ3v) is 4.70. The number of rotatable bonds is 6. The second-order valence-corrected chi connectivity index (χ2v) is 7.72. The maximum Gasteiger partial charge on any atom is 2.00 e. The number of hydrogen-bond acceptors (Lipinski definition) is 11. The van der Waals surface area contributed by atoms with Crippen molar-refractivity contribution in [2.75, 3.05) is 0 Å². The van der Waals surface area contributed by atoms with E-state index in [2.05, 4.69) is 44.4 Å². The van der Waals surface area contributed by atoms with Crippen LogP contribution in [0.1, 0.15) is 48.4 Å². The van der Waals surface area contributed by atoms with Crippen molar-refractivity contribution in [2.24, 2.45) is 0 Å². The van der Waals surface area contributed by atoms with Gasteiger partial charge in [0.05, 0.1) is 39.9 Å². The summed E-state index contributed by atoms with van der Waals surface area (Å²) < 4.78 is 0. The van der Waals surface area contributed by atoms with Crippen LogP contribution in [0.2, 0.25) is 0 Å². The number of carboxylic acids is 3. The molecular formula is C27H17N6O7RuS2-. The molecule has 0 atom stereocenters. The monoisotopic (exact) mass is 703 g/mol. The average molecular weight is 703 g/mol. The van der Waals surface area contributed by atoms with Gasteiger partial charge in [-0.3, -0.25) is 24.7 Å². The zero-order valence-corrected chi connectivity index (χ0v) is 25.1. The number of Topliss-reactive ketones (excluding diaryl/α,β-unsaturated/α-hetero) is 1. The molecule has 4 rings (SSSR count). The van der Waals surface area contributed by atoms with E-state index in [0.717, 1.165) is 0 Å². The van der Waals surface area contributed by atoms with E-state index in [4.69, 9.17) is 21.0 Å². The standard InChI is InChI=1S/C13H10N2O3.C12H8N2O4.2CNS.Ru/c1-8(16)9-2-4-14-11(6-9)12-7-10(13(17)18)3-5-15-12;15-11(16)7-1-3-13-9(5-7)10-6-8(12(17)18)2-4-14-10;2*2-1-3;/h2-7H,1H3,(H,17,18);1-6H,(H,15,16)(H,17,18);;;/q;;2*-1;+2/p-1. The van der Waals surface area contributed by atoms with Gasteiger partial charge < -0.3 is 30.9 Å². The van der Waals surface area contributed by atoms with Crippen LogP contribution in [0.3, 0.4) is 0 Å². The molecule has 0 radical (unpaired) electrons. The number of carbonyl (C=O) groups excluding carboxylic acids is 2. The Hall–Kier alpha value is -5.10. The topological polar surface area (TPSA) is 228 Å². The van der Waals surface area contributed by atoms with Crippen molar-refractivity contribution in [1.82, 2.24) is 19.9 Å². The summed E-state index contributed by atoms with van der Waals surface area (Å²) in [5, 5.41) is 45.4. The minimum Gasteiger partial charge on any atom is -0.753 e. The van der Waals surface area contributed by atoms with Gasteiger partial charge in [0.2, 0.25) is 0 Å². The molecule has 0 aliphatic carbocycles. The Morgan fingerprint density at radius 3 is 1.19 bits per heavy atom. The van der Waals surface area contributed by atoms with E-state index in [1.165, 1.54) is 78.4 Å². The summed E-state index contributed by atoms with van der Waals surface area (Å²) in [5.74, 6) is -3.52. The Kier molecular flexibility index (Phi) is 17.5. The average Bonchev–Trinajstić information content (AvgIpc) is 2.98. The summed E-state index contributed by atoms with van der Waals surface area (Å²) >= 11 is 7.40. The molecule has 0 unspecified atom stereocenters. The molecule has 0 spiro atoms. The molecule has 0 aliphatic heterocycles. The molecule has 2 N–H and O–H groups in total. The van der Waals surface area contributed by atoms with E-state index >= 15 is 0 Å². The first-order chi connectivity index (χ1) is 20.0. The number of ketones is 1. The van der Waals surface area contributed by atoms with Crippen LogP contribution in [0.15, 0.2) is 73.3 Å². The van der Waals surface area contributed by atoms with Crippen LogP contribution in [0.25, 0.3) is 33.6 Å². The van der Waals surface area contributed by atoms with Crippen molar-refractivity contribution in [3.05, 3.63) is 106 Å². The van der Waals surface area contributed by atoms with Crippen molar-refractivity contribution in [3.8, 4) is 22.8 Å². The van der Waals surface area contributed by atoms with E-state index in [1.807, 2.05) is 0 Å². The molecule has 0 saturated heterocycles. The smallest absolute Gasteiger partial charge is 0.753 e. The number of pyridine rings is 4. The summed E-state index contributed by atoms with van der Waals surface area (Å²) in [4.78, 5) is 59.7. The molecule has 0 saturated carbocycles. The second-order valence-electron chi connectivity index (χ2n) is 7.36. The zero-order valence-electron chi connectivity index (χ0n) is 21.7. The largest absolute Gasteiger partial charge is 2.00 e. The van der Waals surface area contributed by atoms with Gasteiger partial charge in [-0.15, -0.1) is 0 Å². The van der Waals surface area contributed by atoms with Crippen molar-refractivity contribution >= 4 is 58.4 Å². The second kappa shape index (κ2) is 19.9. The van der Waals surface area contributed by atoms with Gasteiger partial charge in [-0.1, -0.05) is 24.4 Å². The molecule has 16 heteroatoms. The van der Waals surface area contributed by atoms with E-state index < -0.39 is 17.9 Å². The summed E-state index contributed by atoms with van der Waals surface area (Å²) in [7, 11) is 0. The van der Waals surface area contributed by atoms with Crippen LogP contribution < -0.4 is 5.11 Å². The number of hydrogen-bond donors (Lipinski definition) is 2. The van der Waals surface area contributed by atoms with Crippen LogP contribution in [0.4, 0.5) is 0 Å². The first-order valence-electron chi connectivity index (χ1n) is 11.0. The fourth-order valence-corrected chi connectivity index (χ4v) is 2.89. The first kappa shape index (κ1) is 37.9. The molecular weight excluding hydrogens is 686 g/mol. The minimum atomic E-state index is -1.33. The third-order valence-electron chi connectivity index (χ3n) is 4.70. The Bertz CT molecular complexity index is 1440. The number of nitrogens with zero attached hydrogens (tertiary/aromatic N) is 6. The third kappa shape index (κ3) is 13.0. The zero-order chi connectivity index (χ0) is 31.7. The van der Waals surface area contributed by atoms with Crippen molar-refractivity contribution in [3.63, 3.8) is 0 Å². The molecule has 0 aliphatic rings. The van der Waals surface area contributed by atoms with Gasteiger partial charge in [-0.05, 0) is 55.5 Å². The SMILES string of the molecule is CC(=O)c1ccnc(-c2cc(C(=O)O)ccn2)c1.O=C([O-])c1ccnc(-c2cc(C(=O)O)ccn2)c1.[N-]=C=S.[N-]=C=S.[Ru+2]. The van der Waals surface area contributed by atoms with E-state index in [1.54, 1.807) is 12.1 Å². The molecule has 0 aromatic carbocycles. The summed E-state index contributed by atoms with van der Waals surface area (Å²) in [6, 6.07) is 11.3. The normalized spacial score (nSPS) is 8.77. The summed E-state index contributed by atoms with van der Waals surface area (Å²) in [5.41, 5.74) is 2.14. The fraction of sp³-hybridized carbons (Fsp3) is 0.0370. The van der Waals surface area contributed by atoms with E-state index in [-0.39, 0.29) is 53.3 Å². The van der Waals surface area contributed by atoms with E-state index in [9.17, 15) is 24.3 Å². The van der Waals surface area contributed by atoms with Crippen molar-refractivity contribution in [1.29, 1.82) is 0 Å². The van der Waals surface area contributed by atoms with Crippen LogP contribution >= 0.6 is 24.4 Å². The van der Waals surface area contributed by atoms with Gasteiger partial charge >= 0.3 is 31.4 Å². The van der Waals surface area contributed by atoms with Gasteiger partial charge in [0.25, 0.3) is 0 Å². The summed E-state index contributed by atoms with van der Waals surface area (Å²) in [6.07, 6.45) is 5.53. The van der Waals surface area contributed by atoms with Crippen LogP contribution in [0.5, 0.6) is 0 Å². The molecule has 0 amide bonds. The van der Waals surface area contributed by atoms with Crippen LogP contribution in [0, 0.1) is 0 Å². The van der Waals surface area contributed by atoms with Crippen molar-refractivity contribution in [2.45, 2.75) is 6.92 Å². The molecule has 4 heterocycles. The predicted octanol–water partition coefficient (Wildman–Crippen LogP) is 3.56. The Labute approximate surface area is 267 Å². The van der Waals surface area contributed by atoms with E-state index in [0.29, 0.717) is 17.0 Å². The molecule has 0 bridgehead atoms.